The van der Waals surface area contributed by atoms with Gasteiger partial charge in [-0.25, -0.2) is 0 Å². The third kappa shape index (κ3) is 4.65. The van der Waals surface area contributed by atoms with E-state index in [1.54, 1.807) is 0 Å². The average molecular weight is 316 g/mol. The maximum Gasteiger partial charge on any atom is 0.186 e. The Bertz CT molecular complexity index is 333. The fourth-order valence-electron chi connectivity index (χ4n) is 3.14. The number of unbranched alkanes of at least 4 members (excludes halogenated alkanes) is 5. The fraction of sp³-hybridized carbons (Fsp3) is 1.00. The first-order chi connectivity index (χ1) is 10.4. The number of ether oxygens (including phenoxy) is 4. The lowest BCUT2D eigenvalue weighted by molar-refractivity contribution is -0.271. The molecule has 0 bridgehead atoms. The Morgan fingerprint density at radius 2 is 1.64 bits per heavy atom. The van der Waals surface area contributed by atoms with Crippen molar-refractivity contribution in [1.29, 1.82) is 0 Å². The van der Waals surface area contributed by atoms with Gasteiger partial charge in [0.15, 0.2) is 12.1 Å². The summed E-state index contributed by atoms with van der Waals surface area (Å²) < 4.78 is 23.3. The van der Waals surface area contributed by atoms with Crippen molar-refractivity contribution in [3.8, 4) is 0 Å². The standard InChI is InChI=1S/C17H32O5/c1-5-6-7-8-9-10-11-19-16-15-14(13(18)12(2)20-16)21-17(3,4)22-15/h12-16,18H,5-11H2,1-4H3/t12-,13-,14+,15+,16+/m0/s1. The van der Waals surface area contributed by atoms with Crippen molar-refractivity contribution in [1.82, 2.24) is 0 Å². The normalized spacial score (nSPS) is 37.2. The fourth-order valence-corrected chi connectivity index (χ4v) is 3.14. The molecule has 2 saturated heterocycles. The largest absolute Gasteiger partial charge is 0.388 e. The van der Waals surface area contributed by atoms with Gasteiger partial charge in [0.05, 0.1) is 6.10 Å². The lowest BCUT2D eigenvalue weighted by atomic mass is 10.00. The molecular weight excluding hydrogens is 284 g/mol. The Kier molecular flexibility index (Phi) is 6.65. The Labute approximate surface area is 134 Å². The predicted molar refractivity (Wildman–Crippen MR) is 83.5 cm³/mol. The van der Waals surface area contributed by atoms with Crippen LogP contribution in [0.3, 0.4) is 0 Å². The number of fused-ring (bicyclic) bond motifs is 1. The molecule has 2 fully saturated rings. The number of hydrogen-bond donors (Lipinski definition) is 1. The molecule has 0 radical (unpaired) electrons. The number of hydrogen-bond acceptors (Lipinski definition) is 5. The lowest BCUT2D eigenvalue weighted by Crippen LogP contribution is -2.56. The van der Waals surface area contributed by atoms with E-state index in [1.807, 2.05) is 20.8 Å². The Hall–Kier alpha value is -0.200. The molecule has 1 N–H and O–H groups in total. The predicted octanol–water partition coefficient (Wildman–Crippen LogP) is 2.99. The van der Waals surface area contributed by atoms with Crippen LogP contribution in [-0.2, 0) is 18.9 Å². The van der Waals surface area contributed by atoms with Crippen LogP contribution in [0.4, 0.5) is 0 Å². The van der Waals surface area contributed by atoms with E-state index in [9.17, 15) is 5.11 Å². The summed E-state index contributed by atoms with van der Waals surface area (Å²) in [5, 5.41) is 10.2. The zero-order valence-corrected chi connectivity index (χ0v) is 14.4. The molecule has 0 aromatic carbocycles. The highest BCUT2D eigenvalue weighted by atomic mass is 16.8. The first-order valence-electron chi connectivity index (χ1n) is 8.75. The van der Waals surface area contributed by atoms with E-state index in [4.69, 9.17) is 18.9 Å². The van der Waals surface area contributed by atoms with Crippen LogP contribution >= 0.6 is 0 Å². The summed E-state index contributed by atoms with van der Waals surface area (Å²) in [6.45, 7) is 8.44. The van der Waals surface area contributed by atoms with Gasteiger partial charge in [0.1, 0.15) is 18.3 Å². The molecule has 22 heavy (non-hydrogen) atoms. The highest BCUT2D eigenvalue weighted by Gasteiger charge is 2.54. The van der Waals surface area contributed by atoms with Crippen molar-refractivity contribution in [2.24, 2.45) is 0 Å². The topological polar surface area (TPSA) is 57.2 Å². The van der Waals surface area contributed by atoms with Crippen LogP contribution in [0.15, 0.2) is 0 Å². The van der Waals surface area contributed by atoms with Crippen LogP contribution in [0.25, 0.3) is 0 Å². The van der Waals surface area contributed by atoms with Gasteiger partial charge in [0, 0.05) is 6.61 Å². The van der Waals surface area contributed by atoms with E-state index in [2.05, 4.69) is 6.92 Å². The molecule has 0 aromatic heterocycles. The smallest absolute Gasteiger partial charge is 0.186 e. The van der Waals surface area contributed by atoms with Crippen molar-refractivity contribution in [3.05, 3.63) is 0 Å². The van der Waals surface area contributed by atoms with Crippen LogP contribution in [0, 0.1) is 0 Å². The third-order valence-corrected chi connectivity index (χ3v) is 4.38. The molecule has 0 spiro atoms. The van der Waals surface area contributed by atoms with Gasteiger partial charge in [-0.2, -0.15) is 0 Å². The van der Waals surface area contributed by atoms with Crippen molar-refractivity contribution in [2.75, 3.05) is 6.61 Å². The number of aliphatic hydroxyl groups excluding tert-OH is 1. The van der Waals surface area contributed by atoms with Crippen LogP contribution in [0.2, 0.25) is 0 Å². The minimum Gasteiger partial charge on any atom is -0.388 e. The van der Waals surface area contributed by atoms with Crippen molar-refractivity contribution in [2.45, 2.75) is 103 Å². The van der Waals surface area contributed by atoms with E-state index < -0.39 is 18.2 Å². The molecule has 0 saturated carbocycles. The van der Waals surface area contributed by atoms with Gasteiger partial charge < -0.3 is 24.1 Å². The molecule has 5 atom stereocenters. The minimum atomic E-state index is -0.703. The van der Waals surface area contributed by atoms with Crippen LogP contribution in [0.5, 0.6) is 0 Å². The highest BCUT2D eigenvalue weighted by Crippen LogP contribution is 2.37. The SMILES string of the molecule is CCCCCCCCO[C@@H]1O[C@@H](C)[C@H](O)[C@H]2OC(C)(C)O[C@@H]12. The maximum atomic E-state index is 10.2. The number of aliphatic hydroxyl groups is 1. The van der Waals surface area contributed by atoms with Crippen molar-refractivity contribution < 1.29 is 24.1 Å². The number of rotatable bonds is 8. The van der Waals surface area contributed by atoms with Gasteiger partial charge in [-0.3, -0.25) is 0 Å². The molecular formula is C17H32O5. The van der Waals surface area contributed by atoms with Gasteiger partial charge >= 0.3 is 0 Å². The zero-order chi connectivity index (χ0) is 16.2. The van der Waals surface area contributed by atoms with E-state index in [0.29, 0.717) is 6.61 Å². The third-order valence-electron chi connectivity index (χ3n) is 4.38. The first-order valence-corrected chi connectivity index (χ1v) is 8.75. The monoisotopic (exact) mass is 316 g/mol. The van der Waals surface area contributed by atoms with Crippen LogP contribution in [0.1, 0.15) is 66.2 Å². The average Bonchev–Trinajstić information content (AvgIpc) is 2.79. The summed E-state index contributed by atoms with van der Waals surface area (Å²) >= 11 is 0. The molecule has 0 aliphatic carbocycles. The lowest BCUT2D eigenvalue weighted by Gasteiger charge is -2.38. The second-order valence-corrected chi connectivity index (χ2v) is 6.90. The van der Waals surface area contributed by atoms with Gasteiger partial charge in [-0.05, 0) is 27.2 Å². The summed E-state index contributed by atoms with van der Waals surface area (Å²) in [5.41, 5.74) is 0. The second-order valence-electron chi connectivity index (χ2n) is 6.90. The maximum absolute atomic E-state index is 10.2. The summed E-state index contributed by atoms with van der Waals surface area (Å²) in [6.07, 6.45) is 5.16. The van der Waals surface area contributed by atoms with Gasteiger partial charge in [0.25, 0.3) is 0 Å². The Balaban J connectivity index is 1.75. The van der Waals surface area contributed by atoms with Gasteiger partial charge in [0.2, 0.25) is 0 Å². The molecule has 2 rings (SSSR count). The molecule has 5 heteroatoms. The van der Waals surface area contributed by atoms with E-state index in [1.165, 1.54) is 32.1 Å². The first kappa shape index (κ1) is 18.1. The second kappa shape index (κ2) is 8.06. The molecule has 5 nitrogen and oxygen atoms in total. The molecule has 130 valence electrons. The van der Waals surface area contributed by atoms with E-state index in [-0.39, 0.29) is 18.3 Å². The van der Waals surface area contributed by atoms with E-state index >= 15 is 0 Å². The summed E-state index contributed by atoms with van der Waals surface area (Å²) in [7, 11) is 0. The quantitative estimate of drug-likeness (QED) is 0.698. The molecule has 2 aliphatic rings. The molecule has 0 unspecified atom stereocenters. The van der Waals surface area contributed by atoms with Gasteiger partial charge in [-0.15, -0.1) is 0 Å². The van der Waals surface area contributed by atoms with Crippen molar-refractivity contribution in [3.63, 3.8) is 0 Å². The summed E-state index contributed by atoms with van der Waals surface area (Å²) in [5.74, 6) is -0.703. The molecule has 0 amide bonds. The summed E-state index contributed by atoms with van der Waals surface area (Å²) in [6, 6.07) is 0. The molecule has 0 aromatic rings. The summed E-state index contributed by atoms with van der Waals surface area (Å²) in [4.78, 5) is 0. The van der Waals surface area contributed by atoms with Crippen LogP contribution in [-0.4, -0.2) is 48.2 Å². The van der Waals surface area contributed by atoms with E-state index in [0.717, 1.165) is 6.42 Å². The zero-order valence-electron chi connectivity index (χ0n) is 14.4. The molecule has 2 aliphatic heterocycles. The molecule has 2 heterocycles. The minimum absolute atomic E-state index is 0.312. The van der Waals surface area contributed by atoms with Crippen molar-refractivity contribution >= 4 is 0 Å². The Morgan fingerprint density at radius 1 is 1.00 bits per heavy atom. The van der Waals surface area contributed by atoms with Gasteiger partial charge in [-0.1, -0.05) is 39.0 Å². The Morgan fingerprint density at radius 3 is 2.36 bits per heavy atom. The van der Waals surface area contributed by atoms with Crippen LogP contribution < -0.4 is 0 Å². The highest BCUT2D eigenvalue weighted by molar-refractivity contribution is 4.94.